The number of morpholine rings is 1. The number of carbonyl (C=O) groups is 1. The summed E-state index contributed by atoms with van der Waals surface area (Å²) in [5.74, 6) is 0.664. The van der Waals surface area contributed by atoms with E-state index in [-0.39, 0.29) is 11.4 Å². The second-order valence-electron chi connectivity index (χ2n) is 10.1. The van der Waals surface area contributed by atoms with E-state index in [0.717, 1.165) is 31.7 Å². The lowest BCUT2D eigenvalue weighted by Crippen LogP contribution is -2.41. The summed E-state index contributed by atoms with van der Waals surface area (Å²) in [6.07, 6.45) is -0.784. The number of halogens is 3. The van der Waals surface area contributed by atoms with Crippen LogP contribution in [-0.2, 0) is 10.3 Å². The van der Waals surface area contributed by atoms with Crippen molar-refractivity contribution in [3.63, 3.8) is 0 Å². The van der Waals surface area contributed by atoms with Crippen LogP contribution in [0, 0.1) is 5.41 Å². The molecule has 2 aliphatic heterocycles. The highest BCUT2D eigenvalue weighted by molar-refractivity contribution is 6.07. The number of anilines is 3. The molecule has 2 saturated heterocycles. The maximum Gasteiger partial charge on any atom is 0.422 e. The zero-order valence-electron chi connectivity index (χ0n) is 26.1. The van der Waals surface area contributed by atoms with Gasteiger partial charge in [0.1, 0.15) is 17.5 Å². The lowest BCUT2D eigenvalue weighted by atomic mass is 9.93. The van der Waals surface area contributed by atoms with E-state index in [4.69, 9.17) is 4.74 Å². The fourth-order valence-electron chi connectivity index (χ4n) is 4.80. The number of aliphatic hydroxyl groups is 1. The minimum atomic E-state index is -4.91. The Labute approximate surface area is 248 Å². The van der Waals surface area contributed by atoms with Gasteiger partial charge in [-0.25, -0.2) is 9.97 Å². The van der Waals surface area contributed by atoms with E-state index >= 15 is 0 Å². The largest absolute Gasteiger partial charge is 0.422 e. The molecule has 1 unspecified atom stereocenters. The molecule has 2 N–H and O–H groups in total. The third-order valence-electron chi connectivity index (χ3n) is 7.56. The van der Waals surface area contributed by atoms with Gasteiger partial charge in [-0.2, -0.15) is 13.2 Å². The zero-order valence-corrected chi connectivity index (χ0v) is 26.1. The van der Waals surface area contributed by atoms with E-state index in [1.54, 1.807) is 12.1 Å². The van der Waals surface area contributed by atoms with Crippen LogP contribution in [-0.4, -0.2) is 66.6 Å². The van der Waals surface area contributed by atoms with Gasteiger partial charge in [-0.15, -0.1) is 0 Å². The first-order valence-electron chi connectivity index (χ1n) is 15.2. The van der Waals surface area contributed by atoms with Gasteiger partial charge in [-0.05, 0) is 62.3 Å². The molecule has 1 aliphatic carbocycles. The minimum absolute atomic E-state index is 0.141. The molecule has 8 nitrogen and oxygen atoms in total. The van der Waals surface area contributed by atoms with Gasteiger partial charge in [0.15, 0.2) is 5.60 Å². The second kappa shape index (κ2) is 15.5. The molecule has 42 heavy (non-hydrogen) atoms. The number of aromatic nitrogens is 2. The van der Waals surface area contributed by atoms with Crippen molar-refractivity contribution >= 4 is 23.4 Å². The number of piperidine rings is 1. The summed E-state index contributed by atoms with van der Waals surface area (Å²) in [5.41, 5.74) is -3.21. The monoisotopic (exact) mass is 595 g/mol. The van der Waals surface area contributed by atoms with Gasteiger partial charge in [0.2, 0.25) is 0 Å². The number of ether oxygens (including phenoxy) is 1. The van der Waals surface area contributed by atoms with E-state index in [0.29, 0.717) is 63.4 Å². The van der Waals surface area contributed by atoms with Crippen LogP contribution in [0.2, 0.25) is 0 Å². The number of amides is 1. The number of hydrogen-bond acceptors (Lipinski definition) is 7. The SMILES string of the molecule is CC.CC.CC.CC(O)(c1ccc(C(=O)Nc2cccc(N3CCOCC3)n2)c(N2CCC3(CC2)CC3)n1)C(F)(F)F. The van der Waals surface area contributed by atoms with Gasteiger partial charge in [-0.1, -0.05) is 47.6 Å². The Morgan fingerprint density at radius 3 is 2.02 bits per heavy atom. The highest BCUT2D eigenvalue weighted by Crippen LogP contribution is 2.54. The van der Waals surface area contributed by atoms with Crippen LogP contribution in [0.15, 0.2) is 30.3 Å². The number of alkyl halides is 3. The van der Waals surface area contributed by atoms with Crippen molar-refractivity contribution in [2.45, 2.75) is 85.9 Å². The molecule has 4 heterocycles. The molecule has 236 valence electrons. The minimum Gasteiger partial charge on any atom is -0.378 e. The van der Waals surface area contributed by atoms with Crippen LogP contribution >= 0.6 is 0 Å². The van der Waals surface area contributed by atoms with Crippen LogP contribution in [0.4, 0.5) is 30.6 Å². The number of nitrogens with one attached hydrogen (secondary N) is 1. The second-order valence-corrected chi connectivity index (χ2v) is 10.1. The van der Waals surface area contributed by atoms with Gasteiger partial charge < -0.3 is 25.0 Å². The summed E-state index contributed by atoms with van der Waals surface area (Å²) in [7, 11) is 0. The number of pyridine rings is 2. The maximum atomic E-state index is 13.5. The van der Waals surface area contributed by atoms with Gasteiger partial charge in [0.25, 0.3) is 5.91 Å². The van der Waals surface area contributed by atoms with Crippen molar-refractivity contribution in [2.24, 2.45) is 5.41 Å². The van der Waals surface area contributed by atoms with E-state index < -0.39 is 23.4 Å². The number of hydrogen-bond donors (Lipinski definition) is 2. The van der Waals surface area contributed by atoms with Crippen molar-refractivity contribution < 1.29 is 27.8 Å². The van der Waals surface area contributed by atoms with Crippen molar-refractivity contribution in [3.05, 3.63) is 41.6 Å². The Hall–Kier alpha value is -2.92. The third kappa shape index (κ3) is 8.34. The standard InChI is InChI=1S/C25H30F3N5O3.3C2H6/c1-23(35,25(26,27)28)18-6-5-17(21(29-18)33-11-9-24(7-8-24)10-12-33)22(34)31-19-3-2-4-20(30-19)32-13-15-36-16-14-32;3*1-2/h2-6,35H,7-16H2,1H3,(H,30,31,34);3*1-2H3. The Morgan fingerprint density at radius 2 is 1.48 bits per heavy atom. The number of nitrogens with zero attached hydrogens (tertiary/aromatic N) is 4. The van der Waals surface area contributed by atoms with Crippen molar-refractivity contribution in [1.82, 2.24) is 9.97 Å². The van der Waals surface area contributed by atoms with E-state index in [2.05, 4.69) is 20.2 Å². The molecule has 1 spiro atoms. The van der Waals surface area contributed by atoms with Crippen LogP contribution < -0.4 is 15.1 Å². The Bertz CT molecular complexity index is 1120. The summed E-state index contributed by atoms with van der Waals surface area (Å²) in [6.45, 7) is 16.4. The molecule has 0 radical (unpaired) electrons. The average molecular weight is 596 g/mol. The van der Waals surface area contributed by atoms with Crippen LogP contribution in [0.25, 0.3) is 0 Å². The zero-order chi connectivity index (χ0) is 31.6. The highest BCUT2D eigenvalue weighted by atomic mass is 19.4. The molecule has 2 aromatic heterocycles. The highest BCUT2D eigenvalue weighted by Gasteiger charge is 2.53. The summed E-state index contributed by atoms with van der Waals surface area (Å²) in [6, 6.07) is 7.67. The quantitative estimate of drug-likeness (QED) is 0.393. The smallest absolute Gasteiger partial charge is 0.378 e. The summed E-state index contributed by atoms with van der Waals surface area (Å²) < 4.78 is 46.0. The molecule has 5 rings (SSSR count). The Balaban J connectivity index is 0.000000966. The average Bonchev–Trinajstić information content (AvgIpc) is 3.78. The van der Waals surface area contributed by atoms with Crippen LogP contribution in [0.5, 0.6) is 0 Å². The van der Waals surface area contributed by atoms with E-state index in [9.17, 15) is 23.1 Å². The number of carbonyl (C=O) groups excluding carboxylic acids is 1. The molecule has 1 atom stereocenters. The van der Waals surface area contributed by atoms with Crippen LogP contribution in [0.1, 0.15) is 90.2 Å². The van der Waals surface area contributed by atoms with Gasteiger partial charge >= 0.3 is 6.18 Å². The summed E-state index contributed by atoms with van der Waals surface area (Å²) >= 11 is 0. The van der Waals surface area contributed by atoms with Crippen molar-refractivity contribution in [1.29, 1.82) is 0 Å². The first-order valence-corrected chi connectivity index (χ1v) is 15.2. The molecular formula is C31H48F3N5O3. The molecule has 11 heteroatoms. The topological polar surface area (TPSA) is 90.8 Å². The molecule has 0 bridgehead atoms. The normalized spacial score (nSPS) is 18.6. The van der Waals surface area contributed by atoms with Crippen molar-refractivity contribution in [2.75, 3.05) is 54.5 Å². The molecular weight excluding hydrogens is 547 g/mol. The molecule has 3 aliphatic rings. The lowest BCUT2D eigenvalue weighted by molar-refractivity contribution is -0.260. The van der Waals surface area contributed by atoms with E-state index in [1.807, 2.05) is 52.5 Å². The molecule has 1 saturated carbocycles. The predicted octanol–water partition coefficient (Wildman–Crippen LogP) is 6.79. The molecule has 3 fully saturated rings. The first-order chi connectivity index (χ1) is 20.1. The van der Waals surface area contributed by atoms with Gasteiger partial charge in [0, 0.05) is 26.2 Å². The Kier molecular flexibility index (Phi) is 13.0. The molecule has 2 aromatic rings. The summed E-state index contributed by atoms with van der Waals surface area (Å²) in [4.78, 5) is 26.0. The molecule has 0 aromatic carbocycles. The van der Waals surface area contributed by atoms with Gasteiger partial charge in [0.05, 0.1) is 24.5 Å². The predicted molar refractivity (Wildman–Crippen MR) is 162 cm³/mol. The molecule has 1 amide bonds. The fourth-order valence-corrected chi connectivity index (χ4v) is 4.80. The summed E-state index contributed by atoms with van der Waals surface area (Å²) in [5, 5.41) is 13.0. The maximum absolute atomic E-state index is 13.5. The third-order valence-corrected chi connectivity index (χ3v) is 7.56. The Morgan fingerprint density at radius 1 is 0.881 bits per heavy atom. The van der Waals surface area contributed by atoms with E-state index in [1.165, 1.54) is 6.07 Å². The van der Waals surface area contributed by atoms with Crippen LogP contribution in [0.3, 0.4) is 0 Å². The first kappa shape index (κ1) is 35.3. The van der Waals surface area contributed by atoms with Gasteiger partial charge in [-0.3, -0.25) is 4.79 Å². The van der Waals surface area contributed by atoms with Crippen molar-refractivity contribution in [3.8, 4) is 0 Å². The number of rotatable bonds is 5. The lowest BCUT2D eigenvalue weighted by Gasteiger charge is -2.35. The fraction of sp³-hybridized carbons (Fsp3) is 0.645.